The molecule has 2 rings (SSSR count). The van der Waals surface area contributed by atoms with Crippen molar-refractivity contribution in [2.75, 3.05) is 11.5 Å². The van der Waals surface area contributed by atoms with Crippen LogP contribution in [-0.2, 0) is 16.8 Å². The summed E-state index contributed by atoms with van der Waals surface area (Å²) < 4.78 is 48.9. The van der Waals surface area contributed by atoms with Crippen molar-refractivity contribution in [3.05, 3.63) is 47.3 Å². The maximum Gasteiger partial charge on any atom is 1.00 e. The zero-order valence-electron chi connectivity index (χ0n) is 11.6. The van der Waals surface area contributed by atoms with Gasteiger partial charge in [0.2, 0.25) is 0 Å². The molecule has 1 aromatic heterocycles. The fourth-order valence-corrected chi connectivity index (χ4v) is 2.06. The summed E-state index contributed by atoms with van der Waals surface area (Å²) >= 11 is 0. The van der Waals surface area contributed by atoms with Crippen molar-refractivity contribution in [1.29, 1.82) is 0 Å². The molecule has 0 bridgehead atoms. The molecule has 112 valence electrons. The number of pyridine rings is 1. The van der Waals surface area contributed by atoms with E-state index >= 15 is 0 Å². The summed E-state index contributed by atoms with van der Waals surface area (Å²) in [4.78, 5) is 3.72. The smallest absolute Gasteiger partial charge is 0.716 e. The van der Waals surface area contributed by atoms with Crippen molar-refractivity contribution < 1.29 is 72.9 Å². The number of hydrogen-bond acceptors (Lipinski definition) is 7. The van der Waals surface area contributed by atoms with E-state index in [4.69, 9.17) is 11.5 Å². The molecule has 0 saturated carbocycles. The predicted molar refractivity (Wildman–Crippen MR) is 72.6 cm³/mol. The molecule has 2 aromatic rings. The Labute approximate surface area is 169 Å². The Kier molecular flexibility index (Phi) is 6.74. The van der Waals surface area contributed by atoms with Gasteiger partial charge in [-0.25, -0.2) is 17.8 Å². The molecule has 10 heteroatoms. The average Bonchev–Trinajstić information content (AvgIpc) is 2.36. The SMILES string of the molecule is Nc1nc(N)c(OS(=O)(=O)[O-])cc1Cc1ccc(F)cc1.[K+]. The summed E-state index contributed by atoms with van der Waals surface area (Å²) in [5.41, 5.74) is 12.2. The Balaban J connectivity index is 0.00000242. The van der Waals surface area contributed by atoms with E-state index < -0.39 is 16.1 Å². The topological polar surface area (TPSA) is 131 Å². The third kappa shape index (κ3) is 5.46. The first-order valence-corrected chi connectivity index (χ1v) is 7.02. The zero-order valence-corrected chi connectivity index (χ0v) is 15.6. The van der Waals surface area contributed by atoms with E-state index in [2.05, 4.69) is 9.17 Å². The van der Waals surface area contributed by atoms with Crippen LogP contribution >= 0.6 is 0 Å². The van der Waals surface area contributed by atoms with Crippen LogP contribution in [-0.4, -0.2) is 18.0 Å². The van der Waals surface area contributed by atoms with Gasteiger partial charge >= 0.3 is 51.4 Å². The van der Waals surface area contributed by atoms with Crippen LogP contribution in [0.3, 0.4) is 0 Å². The maximum absolute atomic E-state index is 12.8. The minimum Gasteiger partial charge on any atom is -0.716 e. The molecule has 0 atom stereocenters. The van der Waals surface area contributed by atoms with Crippen LogP contribution in [0.2, 0.25) is 0 Å². The fourth-order valence-electron chi connectivity index (χ4n) is 1.70. The van der Waals surface area contributed by atoms with Gasteiger partial charge in [0, 0.05) is 12.0 Å². The minimum absolute atomic E-state index is 0. The monoisotopic (exact) mass is 351 g/mol. The van der Waals surface area contributed by atoms with Crippen LogP contribution in [0, 0.1) is 5.82 Å². The Morgan fingerprint density at radius 3 is 2.32 bits per heavy atom. The van der Waals surface area contributed by atoms with Gasteiger partial charge in [0.05, 0.1) is 0 Å². The Morgan fingerprint density at radius 2 is 1.77 bits per heavy atom. The third-order valence-corrected chi connectivity index (χ3v) is 3.01. The van der Waals surface area contributed by atoms with Gasteiger partial charge in [-0.15, -0.1) is 0 Å². The first-order valence-electron chi connectivity index (χ1n) is 5.69. The number of hydrogen-bond donors (Lipinski definition) is 2. The van der Waals surface area contributed by atoms with Gasteiger partial charge in [0.25, 0.3) is 10.4 Å². The summed E-state index contributed by atoms with van der Waals surface area (Å²) in [5.74, 6) is -1.03. The van der Waals surface area contributed by atoms with Gasteiger partial charge < -0.3 is 20.2 Å². The van der Waals surface area contributed by atoms with E-state index in [9.17, 15) is 17.4 Å². The summed E-state index contributed by atoms with van der Waals surface area (Å²) in [6, 6.07) is 6.84. The van der Waals surface area contributed by atoms with Gasteiger partial charge in [0.1, 0.15) is 11.6 Å². The zero-order chi connectivity index (χ0) is 15.6. The van der Waals surface area contributed by atoms with E-state index in [1.807, 2.05) is 0 Å². The van der Waals surface area contributed by atoms with Crippen molar-refractivity contribution in [2.45, 2.75) is 6.42 Å². The molecule has 4 N–H and O–H groups in total. The number of anilines is 2. The molecule has 0 aliphatic rings. The van der Waals surface area contributed by atoms with Crippen LogP contribution in [0.5, 0.6) is 5.75 Å². The van der Waals surface area contributed by atoms with E-state index in [-0.39, 0.29) is 75.3 Å². The first-order chi connectivity index (χ1) is 9.74. The van der Waals surface area contributed by atoms with E-state index in [1.54, 1.807) is 0 Å². The van der Waals surface area contributed by atoms with Gasteiger partial charge in [0.15, 0.2) is 11.6 Å². The summed E-state index contributed by atoms with van der Waals surface area (Å²) in [6.07, 6.45) is 0.245. The second-order valence-electron chi connectivity index (χ2n) is 4.21. The van der Waals surface area contributed by atoms with Crippen molar-refractivity contribution in [1.82, 2.24) is 4.98 Å². The maximum atomic E-state index is 12.8. The van der Waals surface area contributed by atoms with Gasteiger partial charge in [-0.05, 0) is 23.8 Å². The average molecular weight is 351 g/mol. The Bertz CT molecular complexity index is 769. The van der Waals surface area contributed by atoms with Crippen molar-refractivity contribution >= 4 is 22.0 Å². The minimum atomic E-state index is -4.97. The van der Waals surface area contributed by atoms with Crippen LogP contribution in [0.15, 0.2) is 30.3 Å². The van der Waals surface area contributed by atoms with Crippen molar-refractivity contribution in [3.8, 4) is 5.75 Å². The Hall–Kier alpha value is -0.754. The summed E-state index contributed by atoms with van der Waals surface area (Å²) in [7, 11) is -4.97. The van der Waals surface area contributed by atoms with Gasteiger partial charge in [-0.1, -0.05) is 12.1 Å². The molecule has 0 saturated heterocycles. The molecule has 0 aliphatic heterocycles. The molecule has 22 heavy (non-hydrogen) atoms. The van der Waals surface area contributed by atoms with E-state index in [0.29, 0.717) is 11.1 Å². The molecule has 0 fully saturated rings. The molecule has 0 amide bonds. The van der Waals surface area contributed by atoms with Crippen LogP contribution in [0.25, 0.3) is 0 Å². The molecule has 0 radical (unpaired) electrons. The molecule has 0 spiro atoms. The summed E-state index contributed by atoms with van der Waals surface area (Å²) in [6.45, 7) is 0. The number of nitrogen functional groups attached to an aromatic ring is 2. The fraction of sp³-hybridized carbons (Fsp3) is 0.0833. The molecule has 0 unspecified atom stereocenters. The molecule has 0 aliphatic carbocycles. The number of nitrogens with zero attached hydrogens (tertiary/aromatic N) is 1. The van der Waals surface area contributed by atoms with Gasteiger partial charge in [-0.3, -0.25) is 0 Å². The normalized spacial score (nSPS) is 10.8. The van der Waals surface area contributed by atoms with Gasteiger partial charge in [-0.2, -0.15) is 0 Å². The largest absolute Gasteiger partial charge is 1.00 e. The number of halogens is 1. The number of aromatic nitrogens is 1. The number of nitrogens with two attached hydrogens (primary N) is 2. The van der Waals surface area contributed by atoms with Crippen LogP contribution in [0.1, 0.15) is 11.1 Å². The third-order valence-electron chi connectivity index (χ3n) is 2.63. The first kappa shape index (κ1) is 19.3. The summed E-state index contributed by atoms with van der Waals surface area (Å²) in [5, 5.41) is 0. The number of benzene rings is 1. The number of rotatable bonds is 4. The second-order valence-corrected chi connectivity index (χ2v) is 5.19. The Morgan fingerprint density at radius 1 is 1.18 bits per heavy atom. The molecule has 7 nitrogen and oxygen atoms in total. The molecule has 1 heterocycles. The quantitative estimate of drug-likeness (QED) is 0.364. The second kappa shape index (κ2) is 7.68. The van der Waals surface area contributed by atoms with Crippen molar-refractivity contribution in [3.63, 3.8) is 0 Å². The van der Waals surface area contributed by atoms with Crippen LogP contribution < -0.4 is 67.0 Å². The van der Waals surface area contributed by atoms with Crippen molar-refractivity contribution in [2.24, 2.45) is 0 Å². The van der Waals surface area contributed by atoms with E-state index in [0.717, 1.165) is 0 Å². The molecular weight excluding hydrogens is 340 g/mol. The standard InChI is InChI=1S/C12H12FN3O4S.K/c13-9-3-1-7(2-4-9)5-8-6-10(20-21(17,18)19)12(15)16-11(8)14;/h1-4,6H,5H2,(H4,14,15,16)(H,17,18,19);/q;+1/p-1. The molecular formula is C12H11FKN3O4S. The van der Waals surface area contributed by atoms with E-state index in [1.165, 1.54) is 30.3 Å². The molecule has 1 aromatic carbocycles. The predicted octanol–water partition coefficient (Wildman–Crippen LogP) is -2.18. The van der Waals surface area contributed by atoms with Crippen LogP contribution in [0.4, 0.5) is 16.0 Å².